The Labute approximate surface area is 223 Å². The average molecular weight is 505 g/mol. The fourth-order valence-electron chi connectivity index (χ4n) is 6.18. The molecule has 4 heteroatoms. The maximum Gasteiger partial charge on any atom is 0.338 e. The molecule has 0 saturated heterocycles. The van der Waals surface area contributed by atoms with Crippen LogP contribution in [0.1, 0.15) is 118 Å². The van der Waals surface area contributed by atoms with Crippen molar-refractivity contribution in [1.29, 1.82) is 0 Å². The molecule has 2 aliphatic rings. The van der Waals surface area contributed by atoms with Crippen LogP contribution in [0, 0.1) is 17.8 Å². The van der Waals surface area contributed by atoms with Crippen molar-refractivity contribution >= 4 is 11.9 Å². The lowest BCUT2D eigenvalue weighted by Gasteiger charge is -2.29. The molecule has 200 valence electrons. The van der Waals surface area contributed by atoms with E-state index in [4.69, 9.17) is 9.47 Å². The third kappa shape index (κ3) is 7.69. The minimum Gasteiger partial charge on any atom is -0.461 e. The lowest BCUT2D eigenvalue weighted by molar-refractivity contribution is -0.153. The van der Waals surface area contributed by atoms with E-state index in [1.54, 1.807) is 0 Å². The fraction of sp³-hybridized carbons (Fsp3) is 0.576. The molecule has 4 rings (SSSR count). The largest absolute Gasteiger partial charge is 0.461 e. The molecule has 0 radical (unpaired) electrons. The quantitative estimate of drug-likeness (QED) is 0.228. The van der Waals surface area contributed by atoms with E-state index in [9.17, 15) is 9.59 Å². The Bertz CT molecular complexity index is 975. The summed E-state index contributed by atoms with van der Waals surface area (Å²) in [6.45, 7) is 4.42. The highest BCUT2D eigenvalue weighted by Crippen LogP contribution is 2.38. The molecule has 0 heterocycles. The maximum absolute atomic E-state index is 13.1. The molecule has 37 heavy (non-hydrogen) atoms. The van der Waals surface area contributed by atoms with Gasteiger partial charge in [-0.25, -0.2) is 4.79 Å². The zero-order valence-electron chi connectivity index (χ0n) is 22.7. The molecule has 0 amide bonds. The molecular weight excluding hydrogens is 460 g/mol. The van der Waals surface area contributed by atoms with Crippen LogP contribution in [0.15, 0.2) is 54.6 Å². The molecule has 2 aromatic rings. The molecule has 3 unspecified atom stereocenters. The smallest absolute Gasteiger partial charge is 0.338 e. The van der Waals surface area contributed by atoms with Gasteiger partial charge in [-0.15, -0.1) is 0 Å². The van der Waals surface area contributed by atoms with Gasteiger partial charge in [-0.05, 0) is 79.5 Å². The van der Waals surface area contributed by atoms with Crippen molar-refractivity contribution < 1.29 is 19.1 Å². The van der Waals surface area contributed by atoms with Crippen molar-refractivity contribution in [2.75, 3.05) is 6.61 Å². The fourth-order valence-corrected chi connectivity index (χ4v) is 6.18. The van der Waals surface area contributed by atoms with Crippen molar-refractivity contribution in [1.82, 2.24) is 0 Å². The Morgan fingerprint density at radius 2 is 1.62 bits per heavy atom. The SMILES string of the molecule is CCCCCC1CCC(c2ccc(C(=O)OC(COC(=O)C3CCCC3C)c3ccccc3)cc2)CC1. The summed E-state index contributed by atoms with van der Waals surface area (Å²) in [5.74, 6) is 1.21. The highest BCUT2D eigenvalue weighted by atomic mass is 16.6. The number of hydrogen-bond acceptors (Lipinski definition) is 4. The molecule has 2 aliphatic carbocycles. The van der Waals surface area contributed by atoms with Gasteiger partial charge in [-0.3, -0.25) is 4.79 Å². The normalized spacial score (nSPS) is 24.4. The third-order valence-electron chi connectivity index (χ3n) is 8.64. The molecule has 2 fully saturated rings. The summed E-state index contributed by atoms with van der Waals surface area (Å²) in [4.78, 5) is 25.7. The third-order valence-corrected chi connectivity index (χ3v) is 8.64. The average Bonchev–Trinajstić information content (AvgIpc) is 3.37. The minimum absolute atomic E-state index is 0.0391. The number of carbonyl (C=O) groups excluding carboxylic acids is 2. The highest BCUT2D eigenvalue weighted by molar-refractivity contribution is 5.89. The lowest BCUT2D eigenvalue weighted by Crippen LogP contribution is -2.24. The van der Waals surface area contributed by atoms with E-state index in [1.807, 2.05) is 42.5 Å². The van der Waals surface area contributed by atoms with Gasteiger partial charge in [-0.1, -0.05) is 88.4 Å². The molecule has 2 aromatic carbocycles. The molecule has 0 spiro atoms. The van der Waals surface area contributed by atoms with Gasteiger partial charge >= 0.3 is 11.9 Å². The number of carbonyl (C=O) groups is 2. The Hall–Kier alpha value is -2.62. The van der Waals surface area contributed by atoms with Crippen LogP contribution in [-0.2, 0) is 14.3 Å². The monoisotopic (exact) mass is 504 g/mol. The minimum atomic E-state index is -0.628. The van der Waals surface area contributed by atoms with E-state index in [0.717, 1.165) is 30.7 Å². The second kappa shape index (κ2) is 13.8. The summed E-state index contributed by atoms with van der Waals surface area (Å²) in [5, 5.41) is 0. The molecular formula is C33H44O4. The molecule has 3 atom stereocenters. The van der Waals surface area contributed by atoms with E-state index in [-0.39, 0.29) is 24.5 Å². The zero-order chi connectivity index (χ0) is 26.0. The van der Waals surface area contributed by atoms with Crippen LogP contribution in [0.5, 0.6) is 0 Å². The molecule has 0 aromatic heterocycles. The van der Waals surface area contributed by atoms with E-state index in [2.05, 4.69) is 26.0 Å². The van der Waals surface area contributed by atoms with Gasteiger partial charge < -0.3 is 9.47 Å². The van der Waals surface area contributed by atoms with Gasteiger partial charge in [0.1, 0.15) is 6.61 Å². The van der Waals surface area contributed by atoms with Crippen LogP contribution < -0.4 is 0 Å². The number of hydrogen-bond donors (Lipinski definition) is 0. The van der Waals surface area contributed by atoms with Crippen LogP contribution in [0.3, 0.4) is 0 Å². The van der Waals surface area contributed by atoms with E-state index in [1.165, 1.54) is 56.9 Å². The molecule has 2 saturated carbocycles. The highest BCUT2D eigenvalue weighted by Gasteiger charge is 2.32. The number of rotatable bonds is 11. The summed E-state index contributed by atoms with van der Waals surface area (Å²) in [6, 6.07) is 17.5. The summed E-state index contributed by atoms with van der Waals surface area (Å²) in [7, 11) is 0. The number of esters is 2. The first-order valence-corrected chi connectivity index (χ1v) is 14.6. The first-order valence-electron chi connectivity index (χ1n) is 14.6. The van der Waals surface area contributed by atoms with Crippen LogP contribution in [0.4, 0.5) is 0 Å². The van der Waals surface area contributed by atoms with Gasteiger partial charge in [0.05, 0.1) is 11.5 Å². The Morgan fingerprint density at radius 1 is 0.892 bits per heavy atom. The number of ether oxygens (including phenoxy) is 2. The Kier molecular flexibility index (Phi) is 10.2. The number of benzene rings is 2. The molecule has 0 N–H and O–H groups in total. The van der Waals surface area contributed by atoms with Crippen LogP contribution >= 0.6 is 0 Å². The van der Waals surface area contributed by atoms with Crippen molar-refractivity contribution in [2.45, 2.75) is 96.5 Å². The lowest BCUT2D eigenvalue weighted by atomic mass is 9.77. The van der Waals surface area contributed by atoms with Gasteiger partial charge in [0.25, 0.3) is 0 Å². The van der Waals surface area contributed by atoms with Gasteiger partial charge in [-0.2, -0.15) is 0 Å². The first-order chi connectivity index (χ1) is 18.0. The maximum atomic E-state index is 13.1. The summed E-state index contributed by atoms with van der Waals surface area (Å²) in [5.41, 5.74) is 2.69. The topological polar surface area (TPSA) is 52.6 Å². The van der Waals surface area contributed by atoms with E-state index in [0.29, 0.717) is 17.4 Å². The zero-order valence-corrected chi connectivity index (χ0v) is 22.7. The predicted octanol–water partition coefficient (Wildman–Crippen LogP) is 8.42. The summed E-state index contributed by atoms with van der Waals surface area (Å²) in [6.07, 6.45) is 12.9. The van der Waals surface area contributed by atoms with Crippen LogP contribution in [-0.4, -0.2) is 18.5 Å². The first kappa shape index (κ1) is 27.4. The predicted molar refractivity (Wildman–Crippen MR) is 147 cm³/mol. The molecule has 4 nitrogen and oxygen atoms in total. The standard InChI is InChI=1S/C33H44O4/c1-3-4-6-11-25-15-17-26(18-16-25)27-19-21-29(22-20-27)32(34)37-31(28-12-7-5-8-13-28)23-36-33(35)30-14-9-10-24(30)2/h5,7-8,12-13,19-22,24-26,30-31H,3-4,6,9-11,14-18,23H2,1-2H3. The van der Waals surface area contributed by atoms with Gasteiger partial charge in [0, 0.05) is 0 Å². The molecule has 0 aliphatic heterocycles. The second-order valence-electron chi connectivity index (χ2n) is 11.3. The van der Waals surface area contributed by atoms with Crippen molar-refractivity contribution in [3.8, 4) is 0 Å². The summed E-state index contributed by atoms with van der Waals surface area (Å²) >= 11 is 0. The molecule has 0 bridgehead atoms. The van der Waals surface area contributed by atoms with Gasteiger partial charge in [0.15, 0.2) is 6.10 Å². The summed E-state index contributed by atoms with van der Waals surface area (Å²) < 4.78 is 11.6. The van der Waals surface area contributed by atoms with E-state index < -0.39 is 6.10 Å². The Balaban J connectivity index is 1.33. The second-order valence-corrected chi connectivity index (χ2v) is 11.3. The van der Waals surface area contributed by atoms with Crippen molar-refractivity contribution in [3.63, 3.8) is 0 Å². The van der Waals surface area contributed by atoms with Crippen molar-refractivity contribution in [2.24, 2.45) is 17.8 Å². The van der Waals surface area contributed by atoms with Crippen LogP contribution in [0.2, 0.25) is 0 Å². The number of unbranched alkanes of at least 4 members (excludes halogenated alkanes) is 2. The van der Waals surface area contributed by atoms with Crippen LogP contribution in [0.25, 0.3) is 0 Å². The van der Waals surface area contributed by atoms with Gasteiger partial charge in [0.2, 0.25) is 0 Å². The van der Waals surface area contributed by atoms with Crippen molar-refractivity contribution in [3.05, 3.63) is 71.3 Å². The Morgan fingerprint density at radius 3 is 2.27 bits per heavy atom. The van der Waals surface area contributed by atoms with E-state index >= 15 is 0 Å².